The molecule has 1 N–H and O–H groups in total. The fourth-order valence-electron chi connectivity index (χ4n) is 4.42. The second kappa shape index (κ2) is 13.3. The zero-order valence-corrected chi connectivity index (χ0v) is 25.4. The smallest absolute Gasteiger partial charge is 0.244 e. The lowest BCUT2D eigenvalue weighted by molar-refractivity contribution is -0.140. The minimum atomic E-state index is -3.99. The molecule has 2 aromatic carbocycles. The van der Waals surface area contributed by atoms with E-state index in [0.717, 1.165) is 36.2 Å². The first-order chi connectivity index (χ1) is 17.8. The standard InChI is InChI=1S/C25H28Cl5N3O4S/c1-3-22(25(35)31-16-6-4-5-7-16)32(13-15-8-9-17(26)18(27)10-15)24(34)14-33(38(2,36)37)23-12-20(29)19(28)11-21(23)30/h8-12,16,22H,3-7,13-14H2,1-2H3,(H,31,35)/t22-/m0/s1. The number of benzene rings is 2. The first kappa shape index (κ1) is 31.1. The van der Waals surface area contributed by atoms with Gasteiger partial charge in [-0.2, -0.15) is 0 Å². The zero-order valence-electron chi connectivity index (χ0n) is 20.8. The van der Waals surface area contributed by atoms with Crippen LogP contribution in [0.1, 0.15) is 44.6 Å². The number of carbonyl (C=O) groups excluding carboxylic acids is 2. The van der Waals surface area contributed by atoms with Crippen LogP contribution in [-0.4, -0.2) is 50.0 Å². The molecule has 0 aliphatic heterocycles. The van der Waals surface area contributed by atoms with Crippen molar-refractivity contribution >= 4 is 85.5 Å². The van der Waals surface area contributed by atoms with Crippen LogP contribution in [0.2, 0.25) is 25.1 Å². The fraction of sp³-hybridized carbons (Fsp3) is 0.440. The molecule has 0 heterocycles. The van der Waals surface area contributed by atoms with Crippen molar-refractivity contribution in [2.45, 2.75) is 57.7 Å². The van der Waals surface area contributed by atoms with Gasteiger partial charge in [-0.15, -0.1) is 0 Å². The highest BCUT2D eigenvalue weighted by molar-refractivity contribution is 7.92. The third-order valence-corrected chi connectivity index (χ3v) is 9.25. The van der Waals surface area contributed by atoms with E-state index in [1.807, 2.05) is 0 Å². The van der Waals surface area contributed by atoms with Gasteiger partial charge in [0.1, 0.15) is 12.6 Å². The van der Waals surface area contributed by atoms with E-state index in [9.17, 15) is 18.0 Å². The number of rotatable bonds is 10. The summed E-state index contributed by atoms with van der Waals surface area (Å²) in [5.74, 6) is -0.914. The molecule has 2 amide bonds. The molecular formula is C25H28Cl5N3O4S. The molecule has 13 heteroatoms. The van der Waals surface area contributed by atoms with Crippen molar-refractivity contribution in [2.75, 3.05) is 17.1 Å². The largest absolute Gasteiger partial charge is 0.352 e. The summed E-state index contributed by atoms with van der Waals surface area (Å²) in [6.45, 7) is 1.17. The van der Waals surface area contributed by atoms with Crippen LogP contribution in [0.4, 0.5) is 5.69 Å². The topological polar surface area (TPSA) is 86.8 Å². The number of hydrogen-bond donors (Lipinski definition) is 1. The van der Waals surface area contributed by atoms with Gasteiger partial charge in [0.15, 0.2) is 0 Å². The van der Waals surface area contributed by atoms with Gasteiger partial charge in [-0.05, 0) is 49.1 Å². The van der Waals surface area contributed by atoms with Gasteiger partial charge in [0, 0.05) is 12.6 Å². The van der Waals surface area contributed by atoms with Crippen molar-refractivity contribution < 1.29 is 18.0 Å². The lowest BCUT2D eigenvalue weighted by Gasteiger charge is -2.33. The summed E-state index contributed by atoms with van der Waals surface area (Å²) in [5, 5.41) is 3.89. The van der Waals surface area contributed by atoms with E-state index in [-0.39, 0.29) is 39.2 Å². The summed E-state index contributed by atoms with van der Waals surface area (Å²) in [4.78, 5) is 28.5. The maximum absolute atomic E-state index is 13.8. The minimum Gasteiger partial charge on any atom is -0.352 e. The van der Waals surface area contributed by atoms with Gasteiger partial charge in [-0.1, -0.05) is 83.8 Å². The first-order valence-corrected chi connectivity index (χ1v) is 15.7. The van der Waals surface area contributed by atoms with Crippen LogP contribution >= 0.6 is 58.0 Å². The van der Waals surface area contributed by atoms with Crippen LogP contribution in [-0.2, 0) is 26.2 Å². The molecule has 1 aliphatic carbocycles. The Bertz CT molecular complexity index is 1300. The second-order valence-corrected chi connectivity index (χ2v) is 13.1. The number of anilines is 1. The molecule has 7 nitrogen and oxygen atoms in total. The van der Waals surface area contributed by atoms with Gasteiger partial charge in [0.2, 0.25) is 21.8 Å². The van der Waals surface area contributed by atoms with E-state index in [2.05, 4.69) is 5.32 Å². The molecular weight excluding hydrogens is 616 g/mol. The summed E-state index contributed by atoms with van der Waals surface area (Å²) in [6, 6.07) is 6.68. The molecule has 1 saturated carbocycles. The molecule has 1 atom stereocenters. The van der Waals surface area contributed by atoms with Crippen molar-refractivity contribution in [2.24, 2.45) is 0 Å². The Balaban J connectivity index is 1.98. The maximum atomic E-state index is 13.8. The highest BCUT2D eigenvalue weighted by Gasteiger charge is 2.33. The fourth-order valence-corrected chi connectivity index (χ4v) is 6.29. The Morgan fingerprint density at radius 2 is 1.55 bits per heavy atom. The van der Waals surface area contributed by atoms with Crippen LogP contribution in [0.3, 0.4) is 0 Å². The van der Waals surface area contributed by atoms with Gasteiger partial charge in [-0.3, -0.25) is 13.9 Å². The Labute approximate surface area is 248 Å². The third kappa shape index (κ3) is 7.83. The normalized spacial score (nSPS) is 14.8. The predicted molar refractivity (Wildman–Crippen MR) is 155 cm³/mol. The van der Waals surface area contributed by atoms with Crippen molar-refractivity contribution in [3.63, 3.8) is 0 Å². The molecule has 0 unspecified atom stereocenters. The summed E-state index contributed by atoms with van der Waals surface area (Å²) in [5.41, 5.74) is 0.619. The van der Waals surface area contributed by atoms with E-state index < -0.39 is 28.5 Å². The quantitative estimate of drug-likeness (QED) is 0.296. The Morgan fingerprint density at radius 3 is 2.13 bits per heavy atom. The third-order valence-electron chi connectivity index (χ3n) is 6.36. The van der Waals surface area contributed by atoms with Crippen LogP contribution in [0.25, 0.3) is 0 Å². The SMILES string of the molecule is CC[C@@H](C(=O)NC1CCCC1)N(Cc1ccc(Cl)c(Cl)c1)C(=O)CN(c1cc(Cl)c(Cl)cc1Cl)S(C)(=O)=O. The van der Waals surface area contributed by atoms with Crippen LogP contribution in [0.15, 0.2) is 30.3 Å². The second-order valence-electron chi connectivity index (χ2n) is 9.17. The molecule has 0 bridgehead atoms. The molecule has 0 spiro atoms. The van der Waals surface area contributed by atoms with E-state index in [1.165, 1.54) is 17.0 Å². The highest BCUT2D eigenvalue weighted by atomic mass is 35.5. The van der Waals surface area contributed by atoms with Crippen molar-refractivity contribution in [1.82, 2.24) is 10.2 Å². The maximum Gasteiger partial charge on any atom is 0.244 e. The van der Waals surface area contributed by atoms with Crippen molar-refractivity contribution in [3.05, 3.63) is 61.0 Å². The number of sulfonamides is 1. The zero-order chi connectivity index (χ0) is 28.2. The number of amides is 2. The average molecular weight is 644 g/mol. The number of nitrogens with one attached hydrogen (secondary N) is 1. The van der Waals surface area contributed by atoms with Crippen LogP contribution in [0.5, 0.6) is 0 Å². The van der Waals surface area contributed by atoms with Crippen LogP contribution < -0.4 is 9.62 Å². The molecule has 38 heavy (non-hydrogen) atoms. The van der Waals surface area contributed by atoms with Gasteiger partial charge in [0.05, 0.1) is 37.1 Å². The lowest BCUT2D eigenvalue weighted by Crippen LogP contribution is -2.53. The Morgan fingerprint density at radius 1 is 0.947 bits per heavy atom. The molecule has 1 fully saturated rings. The summed E-state index contributed by atoms with van der Waals surface area (Å²) < 4.78 is 26.4. The van der Waals surface area contributed by atoms with Gasteiger partial charge >= 0.3 is 0 Å². The summed E-state index contributed by atoms with van der Waals surface area (Å²) in [6.07, 6.45) is 5.06. The highest BCUT2D eigenvalue weighted by Crippen LogP contribution is 2.36. The minimum absolute atomic E-state index is 0.000300. The predicted octanol–water partition coefficient (Wildman–Crippen LogP) is 6.59. The van der Waals surface area contributed by atoms with E-state index in [4.69, 9.17) is 58.0 Å². The van der Waals surface area contributed by atoms with E-state index >= 15 is 0 Å². The Kier molecular flexibility index (Phi) is 10.9. The number of halogens is 5. The summed E-state index contributed by atoms with van der Waals surface area (Å²) >= 11 is 30.7. The van der Waals surface area contributed by atoms with E-state index in [1.54, 1.807) is 25.1 Å². The molecule has 3 rings (SSSR count). The Hall–Kier alpha value is -1.42. The number of nitrogens with zero attached hydrogens (tertiary/aromatic N) is 2. The molecule has 2 aromatic rings. The molecule has 1 aliphatic rings. The monoisotopic (exact) mass is 641 g/mol. The average Bonchev–Trinajstić information content (AvgIpc) is 3.34. The van der Waals surface area contributed by atoms with Crippen molar-refractivity contribution in [1.29, 1.82) is 0 Å². The molecule has 0 saturated heterocycles. The lowest BCUT2D eigenvalue weighted by atomic mass is 10.1. The van der Waals surface area contributed by atoms with Gasteiger partial charge in [0.25, 0.3) is 0 Å². The molecule has 0 radical (unpaired) electrons. The van der Waals surface area contributed by atoms with Crippen LogP contribution in [0, 0.1) is 0 Å². The first-order valence-electron chi connectivity index (χ1n) is 12.0. The van der Waals surface area contributed by atoms with Gasteiger partial charge in [-0.25, -0.2) is 8.42 Å². The number of carbonyl (C=O) groups is 2. The summed E-state index contributed by atoms with van der Waals surface area (Å²) in [7, 11) is -3.99. The van der Waals surface area contributed by atoms with Crippen molar-refractivity contribution in [3.8, 4) is 0 Å². The molecule has 208 valence electrons. The van der Waals surface area contributed by atoms with E-state index in [0.29, 0.717) is 22.0 Å². The molecule has 0 aromatic heterocycles. The number of hydrogen-bond acceptors (Lipinski definition) is 4. The van der Waals surface area contributed by atoms with Gasteiger partial charge < -0.3 is 10.2 Å².